The summed E-state index contributed by atoms with van der Waals surface area (Å²) in [6.07, 6.45) is 1.15. The fraction of sp³-hybridized carbons (Fsp3) is 0.200. The van der Waals surface area contributed by atoms with Crippen molar-refractivity contribution in [3.8, 4) is 0 Å². The molecule has 0 saturated heterocycles. The highest BCUT2D eigenvalue weighted by molar-refractivity contribution is 7.83. The van der Waals surface area contributed by atoms with Crippen LogP contribution in [0.15, 0.2) is 42.5 Å². The third-order valence-corrected chi connectivity index (χ3v) is 3.02. The Morgan fingerprint density at radius 2 is 2.00 bits per heavy atom. The van der Waals surface area contributed by atoms with Crippen LogP contribution in [0.25, 0.3) is 0 Å². The summed E-state index contributed by atoms with van der Waals surface area (Å²) < 4.78 is 42.0. The van der Waals surface area contributed by atoms with Crippen molar-refractivity contribution < 1.29 is 22.4 Å². The minimum Gasteiger partial charge on any atom is -0.459 e. The quantitative estimate of drug-likeness (QED) is 0.817. The molecule has 17 heavy (non-hydrogen) atoms. The average molecular weight is 257 g/mol. The minimum atomic E-state index is -4.39. The summed E-state index contributed by atoms with van der Waals surface area (Å²) in [7, 11) is -4.39. The van der Waals surface area contributed by atoms with Crippen LogP contribution in [0.1, 0.15) is 5.56 Å². The van der Waals surface area contributed by atoms with Crippen molar-refractivity contribution in [3.63, 3.8) is 0 Å². The topological polar surface area (TPSA) is 76.1 Å². The molecule has 0 spiro atoms. The van der Waals surface area contributed by atoms with Gasteiger partial charge in [-0.05, 0) is 5.56 Å². The summed E-state index contributed by atoms with van der Waals surface area (Å²) in [4.78, 5) is 0. The minimum absolute atomic E-state index is 0.0190. The second-order valence-electron chi connectivity index (χ2n) is 3.35. The molecule has 1 heterocycles. The van der Waals surface area contributed by atoms with Crippen molar-refractivity contribution in [2.75, 3.05) is 6.79 Å². The van der Waals surface area contributed by atoms with Crippen molar-refractivity contribution in [2.24, 2.45) is 0 Å². The Balaban J connectivity index is 2.23. The van der Waals surface area contributed by atoms with Crippen LogP contribution in [0.5, 0.6) is 0 Å². The molecule has 1 aliphatic heterocycles. The SMILES string of the molecule is O=S(=O)(O)N(Cc1ccccc1)C1=COCO1. The lowest BCUT2D eigenvalue weighted by Gasteiger charge is -2.19. The van der Waals surface area contributed by atoms with Crippen LogP contribution in [-0.4, -0.2) is 24.1 Å². The molecule has 0 fully saturated rings. The number of rotatable bonds is 4. The van der Waals surface area contributed by atoms with E-state index in [1.807, 2.05) is 6.07 Å². The van der Waals surface area contributed by atoms with Gasteiger partial charge in [0.2, 0.25) is 12.7 Å². The second kappa shape index (κ2) is 4.64. The Kier molecular flexibility index (Phi) is 3.21. The van der Waals surface area contributed by atoms with Crippen LogP contribution in [0.2, 0.25) is 0 Å². The van der Waals surface area contributed by atoms with Crippen LogP contribution in [0.3, 0.4) is 0 Å². The fourth-order valence-corrected chi connectivity index (χ4v) is 2.02. The van der Waals surface area contributed by atoms with Crippen LogP contribution in [0, 0.1) is 0 Å². The maximum Gasteiger partial charge on any atom is 0.362 e. The van der Waals surface area contributed by atoms with Gasteiger partial charge in [0.25, 0.3) is 0 Å². The highest BCUT2D eigenvalue weighted by Crippen LogP contribution is 2.19. The predicted octanol–water partition coefficient (Wildman–Crippen LogP) is 1.09. The summed E-state index contributed by atoms with van der Waals surface area (Å²) in [5.74, 6) is -0.0312. The van der Waals surface area contributed by atoms with Gasteiger partial charge in [-0.25, -0.2) is 4.31 Å². The molecule has 1 aliphatic rings. The van der Waals surface area contributed by atoms with E-state index in [1.54, 1.807) is 24.3 Å². The first-order valence-corrected chi connectivity index (χ1v) is 6.21. The Hall–Kier alpha value is -1.73. The normalized spacial score (nSPS) is 14.8. The van der Waals surface area contributed by atoms with Crippen molar-refractivity contribution in [1.29, 1.82) is 0 Å². The molecule has 1 aromatic rings. The van der Waals surface area contributed by atoms with E-state index in [0.717, 1.165) is 16.1 Å². The van der Waals surface area contributed by atoms with Gasteiger partial charge < -0.3 is 9.47 Å². The van der Waals surface area contributed by atoms with Gasteiger partial charge >= 0.3 is 10.3 Å². The zero-order valence-corrected chi connectivity index (χ0v) is 9.63. The monoisotopic (exact) mass is 257 g/mol. The van der Waals surface area contributed by atoms with Crippen molar-refractivity contribution in [2.45, 2.75) is 6.54 Å². The molecule has 0 amide bonds. The van der Waals surface area contributed by atoms with Gasteiger partial charge in [-0.3, -0.25) is 4.55 Å². The molecule has 0 atom stereocenters. The number of ether oxygens (including phenoxy) is 2. The lowest BCUT2D eigenvalue weighted by atomic mass is 10.2. The zero-order valence-electron chi connectivity index (χ0n) is 8.81. The van der Waals surface area contributed by atoms with Crippen molar-refractivity contribution in [3.05, 3.63) is 48.0 Å². The Labute approximate surface area is 98.9 Å². The molecule has 0 radical (unpaired) electrons. The van der Waals surface area contributed by atoms with Crippen molar-refractivity contribution in [1.82, 2.24) is 4.31 Å². The van der Waals surface area contributed by atoms with Gasteiger partial charge in [0.05, 0.1) is 6.54 Å². The first-order valence-electron chi connectivity index (χ1n) is 4.81. The van der Waals surface area contributed by atoms with E-state index < -0.39 is 10.3 Å². The maximum absolute atomic E-state index is 11.2. The summed E-state index contributed by atoms with van der Waals surface area (Å²) >= 11 is 0. The summed E-state index contributed by atoms with van der Waals surface area (Å²) in [6.45, 7) is -0.0784. The fourth-order valence-electron chi connectivity index (χ4n) is 1.39. The lowest BCUT2D eigenvalue weighted by Crippen LogP contribution is -2.29. The molecule has 0 unspecified atom stereocenters. The van der Waals surface area contributed by atoms with Crippen LogP contribution in [-0.2, 0) is 26.3 Å². The number of nitrogens with zero attached hydrogens (tertiary/aromatic N) is 1. The maximum atomic E-state index is 11.2. The van der Waals surface area contributed by atoms with Gasteiger partial charge in [-0.15, -0.1) is 0 Å². The van der Waals surface area contributed by atoms with E-state index in [4.69, 9.17) is 14.0 Å². The molecule has 2 rings (SSSR count). The van der Waals surface area contributed by atoms with Crippen LogP contribution in [0.4, 0.5) is 0 Å². The van der Waals surface area contributed by atoms with Gasteiger partial charge in [0.1, 0.15) is 6.26 Å². The van der Waals surface area contributed by atoms with E-state index >= 15 is 0 Å². The smallest absolute Gasteiger partial charge is 0.362 e. The van der Waals surface area contributed by atoms with Crippen LogP contribution < -0.4 is 0 Å². The second-order valence-corrected chi connectivity index (χ2v) is 4.69. The molecular formula is C10H11NO5S. The molecule has 0 bridgehead atoms. The molecule has 0 aliphatic carbocycles. The summed E-state index contributed by atoms with van der Waals surface area (Å²) in [5, 5.41) is 0. The van der Waals surface area contributed by atoms with E-state index in [0.29, 0.717) is 0 Å². The number of hydrogen-bond donors (Lipinski definition) is 1. The van der Waals surface area contributed by atoms with E-state index in [9.17, 15) is 8.42 Å². The van der Waals surface area contributed by atoms with E-state index in [2.05, 4.69) is 0 Å². The molecule has 1 aromatic carbocycles. The molecule has 1 N–H and O–H groups in total. The molecule has 92 valence electrons. The first-order chi connectivity index (χ1) is 8.07. The molecule has 0 saturated carbocycles. The van der Waals surface area contributed by atoms with E-state index in [-0.39, 0.29) is 19.2 Å². The lowest BCUT2D eigenvalue weighted by molar-refractivity contribution is 0.0607. The average Bonchev–Trinajstić information content (AvgIpc) is 2.79. The predicted molar refractivity (Wildman–Crippen MR) is 58.7 cm³/mol. The third kappa shape index (κ3) is 2.89. The largest absolute Gasteiger partial charge is 0.459 e. The Bertz CT molecular complexity index is 511. The zero-order chi connectivity index (χ0) is 12.3. The first kappa shape index (κ1) is 11.7. The molecule has 6 nitrogen and oxygen atoms in total. The highest BCUT2D eigenvalue weighted by Gasteiger charge is 2.26. The Morgan fingerprint density at radius 1 is 1.29 bits per heavy atom. The van der Waals surface area contributed by atoms with Gasteiger partial charge in [0.15, 0.2) is 0 Å². The van der Waals surface area contributed by atoms with Gasteiger partial charge in [0, 0.05) is 0 Å². The van der Waals surface area contributed by atoms with E-state index in [1.165, 1.54) is 0 Å². The van der Waals surface area contributed by atoms with Gasteiger partial charge in [-0.2, -0.15) is 8.42 Å². The number of hydrogen-bond acceptors (Lipinski definition) is 4. The molecular weight excluding hydrogens is 246 g/mol. The third-order valence-electron chi connectivity index (χ3n) is 2.15. The highest BCUT2D eigenvalue weighted by atomic mass is 32.2. The van der Waals surface area contributed by atoms with Crippen molar-refractivity contribution >= 4 is 10.3 Å². The standard InChI is InChI=1S/C10H11NO5S/c12-17(13,14)11(10-7-15-8-16-10)6-9-4-2-1-3-5-9/h1-5,7H,6,8H2,(H,12,13,14). The summed E-state index contributed by atoms with van der Waals surface area (Å²) in [5.41, 5.74) is 0.724. The van der Waals surface area contributed by atoms with Gasteiger partial charge in [-0.1, -0.05) is 30.3 Å². The summed E-state index contributed by atoms with van der Waals surface area (Å²) in [6, 6.07) is 8.86. The number of benzene rings is 1. The molecule has 7 heteroatoms. The molecule has 0 aromatic heterocycles. The Morgan fingerprint density at radius 3 is 2.53 bits per heavy atom. The van der Waals surface area contributed by atoms with Crippen LogP contribution >= 0.6 is 0 Å².